The number of aromatic nitrogens is 4. The van der Waals surface area contributed by atoms with Gasteiger partial charge < -0.3 is 4.90 Å². The van der Waals surface area contributed by atoms with Crippen molar-refractivity contribution in [1.29, 1.82) is 0 Å². The van der Waals surface area contributed by atoms with Crippen LogP contribution in [0.1, 0.15) is 52.9 Å². The molecule has 10 heteroatoms. The Morgan fingerprint density at radius 3 is 2.71 bits per heavy atom. The van der Waals surface area contributed by atoms with Crippen LogP contribution in [-0.4, -0.2) is 47.3 Å². The number of hydrogen-bond donors (Lipinski definition) is 1. The molecule has 1 saturated carbocycles. The number of hydrogen-bond acceptors (Lipinski definition) is 6. The van der Waals surface area contributed by atoms with E-state index in [0.717, 1.165) is 48.7 Å². The molecule has 2 aliphatic rings. The number of nitrogens with one attached hydrogen (secondary N) is 1. The number of fused-ring (bicyclic) bond motifs is 1. The van der Waals surface area contributed by atoms with Gasteiger partial charge in [0.2, 0.25) is 5.95 Å². The van der Waals surface area contributed by atoms with Gasteiger partial charge in [0.1, 0.15) is 0 Å². The second-order valence-corrected chi connectivity index (χ2v) is 13.9. The molecular formula is C25H34N6O2S2. The molecule has 1 unspecified atom stereocenters. The average Bonchev–Trinajstić information content (AvgIpc) is 3.44. The first kappa shape index (κ1) is 24.5. The lowest BCUT2D eigenvalue weighted by Crippen LogP contribution is -2.51. The van der Waals surface area contributed by atoms with E-state index >= 15 is 0 Å². The predicted molar refractivity (Wildman–Crippen MR) is 141 cm³/mol. The van der Waals surface area contributed by atoms with Gasteiger partial charge in [-0.05, 0) is 70.1 Å². The zero-order chi connectivity index (χ0) is 24.8. The SMILES string of the molecule is Cn1c(N2CCC3(CCC[C@H]3NS(=O)C(C)(C)C)CC2)ncc(Sc2ccn3nccc3c2)c1=O. The van der Waals surface area contributed by atoms with Crippen LogP contribution in [0.15, 0.2) is 51.4 Å². The molecular weight excluding hydrogens is 480 g/mol. The highest BCUT2D eigenvalue weighted by molar-refractivity contribution is 7.99. The van der Waals surface area contributed by atoms with E-state index in [1.807, 2.05) is 52.2 Å². The third-order valence-electron chi connectivity index (χ3n) is 7.47. The van der Waals surface area contributed by atoms with Crippen molar-refractivity contribution in [3.63, 3.8) is 0 Å². The monoisotopic (exact) mass is 514 g/mol. The highest BCUT2D eigenvalue weighted by atomic mass is 32.2. The van der Waals surface area contributed by atoms with Crippen LogP contribution in [0.4, 0.5) is 5.95 Å². The van der Waals surface area contributed by atoms with Crippen molar-refractivity contribution in [1.82, 2.24) is 23.9 Å². The van der Waals surface area contributed by atoms with Crippen LogP contribution in [0.3, 0.4) is 0 Å². The summed E-state index contributed by atoms with van der Waals surface area (Å²) in [5.74, 6) is 0.723. The molecule has 8 nitrogen and oxygen atoms in total. The number of anilines is 1. The molecule has 0 aromatic carbocycles. The fourth-order valence-electron chi connectivity index (χ4n) is 5.35. The molecule has 0 amide bonds. The van der Waals surface area contributed by atoms with Crippen LogP contribution in [0.5, 0.6) is 0 Å². The van der Waals surface area contributed by atoms with Gasteiger partial charge in [-0.25, -0.2) is 18.4 Å². The van der Waals surface area contributed by atoms with Gasteiger partial charge in [-0.1, -0.05) is 18.2 Å². The van der Waals surface area contributed by atoms with Crippen molar-refractivity contribution in [3.8, 4) is 0 Å². The fraction of sp³-hybridized carbons (Fsp3) is 0.560. The lowest BCUT2D eigenvalue weighted by molar-refractivity contribution is 0.187. The molecule has 1 aliphatic heterocycles. The maximum absolute atomic E-state index is 13.2. The van der Waals surface area contributed by atoms with Gasteiger partial charge in [0.25, 0.3) is 5.56 Å². The smallest absolute Gasteiger partial charge is 0.268 e. The average molecular weight is 515 g/mol. The first-order valence-electron chi connectivity index (χ1n) is 12.3. The van der Waals surface area contributed by atoms with Crippen molar-refractivity contribution in [2.24, 2.45) is 12.5 Å². The van der Waals surface area contributed by atoms with E-state index < -0.39 is 11.0 Å². The molecule has 4 heterocycles. The summed E-state index contributed by atoms with van der Waals surface area (Å²) in [7, 11) is 0.751. The molecule has 3 aromatic heterocycles. The molecule has 0 bridgehead atoms. The highest BCUT2D eigenvalue weighted by Crippen LogP contribution is 2.47. The van der Waals surface area contributed by atoms with E-state index in [4.69, 9.17) is 4.98 Å². The molecule has 1 saturated heterocycles. The first-order valence-corrected chi connectivity index (χ1v) is 14.2. The zero-order valence-electron chi connectivity index (χ0n) is 20.9. The quantitative estimate of drug-likeness (QED) is 0.558. The number of pyridine rings is 1. The van der Waals surface area contributed by atoms with E-state index in [2.05, 4.69) is 14.7 Å². The molecule has 188 valence electrons. The lowest BCUT2D eigenvalue weighted by Gasteiger charge is -2.44. The molecule has 1 aliphatic carbocycles. The Kier molecular flexibility index (Phi) is 6.56. The first-order chi connectivity index (χ1) is 16.7. The van der Waals surface area contributed by atoms with Crippen molar-refractivity contribution in [2.75, 3.05) is 18.0 Å². The minimum atomic E-state index is -1.06. The Hall–Kier alpha value is -2.17. The van der Waals surface area contributed by atoms with Crippen molar-refractivity contribution >= 4 is 34.2 Å². The number of piperidine rings is 1. The topological polar surface area (TPSA) is 84.5 Å². The summed E-state index contributed by atoms with van der Waals surface area (Å²) in [6, 6.07) is 6.21. The zero-order valence-corrected chi connectivity index (χ0v) is 22.5. The van der Waals surface area contributed by atoms with E-state index in [1.54, 1.807) is 21.5 Å². The van der Waals surface area contributed by atoms with Gasteiger partial charge >= 0.3 is 0 Å². The summed E-state index contributed by atoms with van der Waals surface area (Å²) in [4.78, 5) is 21.7. The summed E-state index contributed by atoms with van der Waals surface area (Å²) < 4.78 is 19.4. The third-order valence-corrected chi connectivity index (χ3v) is 10.1. The van der Waals surface area contributed by atoms with Gasteiger partial charge in [-0.15, -0.1) is 0 Å². The largest absolute Gasteiger partial charge is 0.342 e. The van der Waals surface area contributed by atoms with Gasteiger partial charge in [0.15, 0.2) is 0 Å². The molecule has 1 spiro atoms. The Morgan fingerprint density at radius 1 is 1.20 bits per heavy atom. The van der Waals surface area contributed by atoms with Crippen molar-refractivity contribution in [3.05, 3.63) is 47.1 Å². The number of rotatable bonds is 5. The highest BCUT2D eigenvalue weighted by Gasteiger charge is 2.46. The van der Waals surface area contributed by atoms with E-state index in [0.29, 0.717) is 4.90 Å². The number of nitrogens with zero attached hydrogens (tertiary/aromatic N) is 5. The maximum atomic E-state index is 13.2. The van der Waals surface area contributed by atoms with E-state index in [1.165, 1.54) is 24.6 Å². The van der Waals surface area contributed by atoms with Gasteiger partial charge in [-0.3, -0.25) is 9.36 Å². The molecule has 2 fully saturated rings. The predicted octanol–water partition coefficient (Wildman–Crippen LogP) is 3.77. The van der Waals surface area contributed by atoms with Gasteiger partial charge in [0.05, 0.1) is 32.3 Å². The van der Waals surface area contributed by atoms with Crippen LogP contribution in [0.2, 0.25) is 0 Å². The summed E-state index contributed by atoms with van der Waals surface area (Å²) in [5.41, 5.74) is 1.14. The normalized spacial score (nSPS) is 21.1. The Labute approximate surface area is 213 Å². The van der Waals surface area contributed by atoms with Crippen LogP contribution in [-0.2, 0) is 18.0 Å². The summed E-state index contributed by atoms with van der Waals surface area (Å²) in [6.45, 7) is 7.76. The minimum Gasteiger partial charge on any atom is -0.342 e. The minimum absolute atomic E-state index is 0.0327. The standard InChI is InChI=1S/C25H34N6O2S2/c1-24(2,3)35(33)28-21-6-5-9-25(21)10-14-30(15-11-25)23-26-17-20(22(32)29(23)4)34-19-8-13-31-18(16-19)7-12-27-31/h7-8,12-13,16-17,21,28H,5-6,9-11,14-15H2,1-4H3/t21-,35?/m1/s1. The van der Waals surface area contributed by atoms with Crippen LogP contribution < -0.4 is 15.2 Å². The Balaban J connectivity index is 1.28. The van der Waals surface area contributed by atoms with Gasteiger partial charge in [0, 0.05) is 43.5 Å². The Bertz CT molecular complexity index is 1300. The van der Waals surface area contributed by atoms with Crippen molar-refractivity contribution < 1.29 is 4.21 Å². The fourth-order valence-corrected chi connectivity index (χ4v) is 7.22. The van der Waals surface area contributed by atoms with Crippen LogP contribution in [0.25, 0.3) is 5.52 Å². The molecule has 2 atom stereocenters. The molecule has 1 N–H and O–H groups in total. The van der Waals surface area contributed by atoms with Crippen molar-refractivity contribution in [2.45, 2.75) is 73.5 Å². The van der Waals surface area contributed by atoms with Gasteiger partial charge in [-0.2, -0.15) is 5.10 Å². The van der Waals surface area contributed by atoms with Crippen LogP contribution >= 0.6 is 11.8 Å². The molecule has 5 rings (SSSR count). The summed E-state index contributed by atoms with van der Waals surface area (Å²) >= 11 is 1.43. The third kappa shape index (κ3) is 4.80. The Morgan fingerprint density at radius 2 is 1.97 bits per heavy atom. The summed E-state index contributed by atoms with van der Waals surface area (Å²) in [6.07, 6.45) is 10.8. The lowest BCUT2D eigenvalue weighted by atomic mass is 9.74. The summed E-state index contributed by atoms with van der Waals surface area (Å²) in [5, 5.41) is 4.22. The molecule has 35 heavy (non-hydrogen) atoms. The van der Waals surface area contributed by atoms with E-state index in [-0.39, 0.29) is 21.8 Å². The second kappa shape index (κ2) is 9.37. The molecule has 0 radical (unpaired) electrons. The van der Waals surface area contributed by atoms with Crippen LogP contribution in [0, 0.1) is 5.41 Å². The maximum Gasteiger partial charge on any atom is 0.268 e. The second-order valence-electron chi connectivity index (χ2n) is 10.7. The van der Waals surface area contributed by atoms with E-state index in [9.17, 15) is 9.00 Å². The molecule has 3 aromatic rings.